The molecular formula is C24H24N4OS. The van der Waals surface area contributed by atoms with E-state index >= 15 is 0 Å². The quantitative estimate of drug-likeness (QED) is 0.453. The molecule has 2 aromatic carbocycles. The van der Waals surface area contributed by atoms with Crippen molar-refractivity contribution in [3.05, 3.63) is 95.9 Å². The third-order valence-corrected chi connectivity index (χ3v) is 6.02. The number of nitrogens with one attached hydrogen (secondary N) is 1. The number of hydrogen-bond acceptors (Lipinski definition) is 3. The van der Waals surface area contributed by atoms with Crippen molar-refractivity contribution in [2.45, 2.75) is 19.6 Å². The number of rotatable bonds is 7. The van der Waals surface area contributed by atoms with Gasteiger partial charge in [-0.3, -0.25) is 4.79 Å². The molecule has 152 valence electrons. The van der Waals surface area contributed by atoms with E-state index in [2.05, 4.69) is 15.0 Å². The molecule has 0 radical (unpaired) electrons. The van der Waals surface area contributed by atoms with Crippen LogP contribution in [0.1, 0.15) is 16.7 Å². The molecule has 1 amide bonds. The highest BCUT2D eigenvalue weighted by atomic mass is 32.2. The molecular weight excluding hydrogens is 392 g/mol. The molecule has 2 aromatic heterocycles. The zero-order valence-corrected chi connectivity index (χ0v) is 17.9. The molecule has 0 spiro atoms. The predicted molar refractivity (Wildman–Crippen MR) is 124 cm³/mol. The Balaban J connectivity index is 1.47. The standard InChI is InChI=1S/C24H24N4OS/c1-18-9-8-12-22(19(18)2)26-23(29)17-30-16-20-15-25-28(21-10-4-3-5-11-21)24(20)27-13-6-7-14-27/h3-15H,16-17H2,1-2H3,(H,26,29). The Kier molecular flexibility index (Phi) is 6.05. The number of benzene rings is 2. The summed E-state index contributed by atoms with van der Waals surface area (Å²) in [6.45, 7) is 4.08. The van der Waals surface area contributed by atoms with Crippen molar-refractivity contribution in [1.29, 1.82) is 0 Å². The number of amides is 1. The molecule has 0 atom stereocenters. The average Bonchev–Trinajstić information content (AvgIpc) is 3.42. The van der Waals surface area contributed by atoms with Gasteiger partial charge in [0, 0.05) is 29.4 Å². The van der Waals surface area contributed by atoms with Gasteiger partial charge in [-0.2, -0.15) is 5.10 Å². The number of carbonyl (C=O) groups is 1. The zero-order chi connectivity index (χ0) is 20.9. The van der Waals surface area contributed by atoms with Crippen molar-refractivity contribution in [2.24, 2.45) is 0 Å². The number of nitrogens with zero attached hydrogens (tertiary/aromatic N) is 3. The molecule has 5 nitrogen and oxygen atoms in total. The lowest BCUT2D eigenvalue weighted by Crippen LogP contribution is -2.15. The van der Waals surface area contributed by atoms with Crippen molar-refractivity contribution in [3.63, 3.8) is 0 Å². The van der Waals surface area contributed by atoms with Gasteiger partial charge in [0.15, 0.2) is 0 Å². The van der Waals surface area contributed by atoms with Gasteiger partial charge in [-0.1, -0.05) is 30.3 Å². The van der Waals surface area contributed by atoms with Crippen LogP contribution < -0.4 is 5.32 Å². The van der Waals surface area contributed by atoms with Gasteiger partial charge < -0.3 is 9.88 Å². The maximum absolute atomic E-state index is 12.4. The molecule has 0 aliphatic heterocycles. The van der Waals surface area contributed by atoms with Crippen LogP contribution in [0.2, 0.25) is 0 Å². The maximum Gasteiger partial charge on any atom is 0.234 e. The monoisotopic (exact) mass is 416 g/mol. The van der Waals surface area contributed by atoms with Crippen molar-refractivity contribution in [2.75, 3.05) is 11.1 Å². The third kappa shape index (κ3) is 4.33. The molecule has 4 aromatic rings. The molecule has 4 rings (SSSR count). The van der Waals surface area contributed by atoms with Crippen LogP contribution in [-0.2, 0) is 10.5 Å². The molecule has 1 N–H and O–H groups in total. The highest BCUT2D eigenvalue weighted by molar-refractivity contribution is 7.99. The van der Waals surface area contributed by atoms with E-state index in [9.17, 15) is 4.79 Å². The summed E-state index contributed by atoms with van der Waals surface area (Å²) >= 11 is 1.59. The second kappa shape index (κ2) is 9.05. The summed E-state index contributed by atoms with van der Waals surface area (Å²) in [7, 11) is 0. The number of aryl methyl sites for hydroxylation is 1. The number of hydrogen-bond donors (Lipinski definition) is 1. The van der Waals surface area contributed by atoms with Gasteiger partial charge >= 0.3 is 0 Å². The Labute approximate surface area is 180 Å². The van der Waals surface area contributed by atoms with Crippen molar-refractivity contribution in [3.8, 4) is 11.5 Å². The Morgan fingerprint density at radius 3 is 2.53 bits per heavy atom. The van der Waals surface area contributed by atoms with E-state index in [0.717, 1.165) is 28.3 Å². The van der Waals surface area contributed by atoms with E-state index in [1.807, 2.05) is 97.8 Å². The first kappa shape index (κ1) is 20.0. The lowest BCUT2D eigenvalue weighted by Gasteiger charge is -2.12. The maximum atomic E-state index is 12.4. The van der Waals surface area contributed by atoms with E-state index in [1.54, 1.807) is 11.8 Å². The highest BCUT2D eigenvalue weighted by Gasteiger charge is 2.15. The first-order valence-corrected chi connectivity index (χ1v) is 11.0. The van der Waals surface area contributed by atoms with Gasteiger partial charge in [0.1, 0.15) is 5.82 Å². The minimum absolute atomic E-state index is 0.00617. The van der Waals surface area contributed by atoms with Gasteiger partial charge in [-0.05, 0) is 55.3 Å². The van der Waals surface area contributed by atoms with Gasteiger partial charge in [0.25, 0.3) is 0 Å². The normalized spacial score (nSPS) is 10.9. The van der Waals surface area contributed by atoms with Crippen LogP contribution >= 0.6 is 11.8 Å². The van der Waals surface area contributed by atoms with Crippen LogP contribution in [0, 0.1) is 13.8 Å². The van der Waals surface area contributed by atoms with Crippen LogP contribution in [-0.4, -0.2) is 26.0 Å². The largest absolute Gasteiger partial charge is 0.325 e. The summed E-state index contributed by atoms with van der Waals surface area (Å²) < 4.78 is 4.00. The average molecular weight is 417 g/mol. The van der Waals surface area contributed by atoms with Crippen molar-refractivity contribution >= 4 is 23.4 Å². The van der Waals surface area contributed by atoms with Gasteiger partial charge in [0.05, 0.1) is 17.6 Å². The predicted octanol–water partition coefficient (Wildman–Crippen LogP) is 5.15. The fourth-order valence-corrected chi connectivity index (χ4v) is 4.10. The van der Waals surface area contributed by atoms with E-state index < -0.39 is 0 Å². The number of aromatic nitrogens is 3. The SMILES string of the molecule is Cc1cccc(NC(=O)CSCc2cnn(-c3ccccc3)c2-n2cccc2)c1C. The lowest BCUT2D eigenvalue weighted by atomic mass is 10.1. The zero-order valence-electron chi connectivity index (χ0n) is 17.1. The molecule has 0 fully saturated rings. The fraction of sp³-hybridized carbons (Fsp3) is 0.167. The number of anilines is 1. The molecule has 0 saturated heterocycles. The van der Waals surface area contributed by atoms with Crippen molar-refractivity contribution < 1.29 is 4.79 Å². The lowest BCUT2D eigenvalue weighted by molar-refractivity contribution is -0.113. The third-order valence-electron chi connectivity index (χ3n) is 5.04. The molecule has 0 unspecified atom stereocenters. The molecule has 0 aliphatic carbocycles. The van der Waals surface area contributed by atoms with Gasteiger partial charge in [-0.25, -0.2) is 4.68 Å². The second-order valence-electron chi connectivity index (χ2n) is 7.12. The highest BCUT2D eigenvalue weighted by Crippen LogP contribution is 2.24. The van der Waals surface area contributed by atoms with Crippen LogP contribution in [0.3, 0.4) is 0 Å². The minimum atomic E-state index is 0.00617. The van der Waals surface area contributed by atoms with Crippen LogP contribution in [0.5, 0.6) is 0 Å². The van der Waals surface area contributed by atoms with E-state index in [1.165, 1.54) is 5.56 Å². The summed E-state index contributed by atoms with van der Waals surface area (Å²) in [5.74, 6) is 2.08. The van der Waals surface area contributed by atoms with E-state index in [4.69, 9.17) is 0 Å². The summed E-state index contributed by atoms with van der Waals surface area (Å²) in [5.41, 5.74) is 5.25. The molecule has 0 aliphatic rings. The first-order valence-electron chi connectivity index (χ1n) is 9.83. The minimum Gasteiger partial charge on any atom is -0.325 e. The Morgan fingerprint density at radius 2 is 1.77 bits per heavy atom. The van der Waals surface area contributed by atoms with Crippen LogP contribution in [0.15, 0.2) is 79.3 Å². The Bertz CT molecular complexity index is 1130. The van der Waals surface area contributed by atoms with Crippen LogP contribution in [0.25, 0.3) is 11.5 Å². The second-order valence-corrected chi connectivity index (χ2v) is 8.11. The summed E-state index contributed by atoms with van der Waals surface area (Å²) in [4.78, 5) is 12.4. The molecule has 0 bridgehead atoms. The summed E-state index contributed by atoms with van der Waals surface area (Å²) in [6, 6.07) is 20.0. The number of carbonyl (C=O) groups excluding carboxylic acids is 1. The van der Waals surface area contributed by atoms with Crippen molar-refractivity contribution in [1.82, 2.24) is 14.3 Å². The molecule has 0 saturated carbocycles. The summed E-state index contributed by atoms with van der Waals surface area (Å²) in [6.07, 6.45) is 5.91. The summed E-state index contributed by atoms with van der Waals surface area (Å²) in [5, 5.41) is 7.64. The molecule has 2 heterocycles. The first-order chi connectivity index (χ1) is 14.6. The Hall–Kier alpha value is -3.25. The molecule has 30 heavy (non-hydrogen) atoms. The van der Waals surface area contributed by atoms with E-state index in [-0.39, 0.29) is 5.91 Å². The smallest absolute Gasteiger partial charge is 0.234 e. The van der Waals surface area contributed by atoms with Gasteiger partial charge in [-0.15, -0.1) is 11.8 Å². The van der Waals surface area contributed by atoms with E-state index in [0.29, 0.717) is 11.5 Å². The number of para-hydroxylation sites is 1. The van der Waals surface area contributed by atoms with Gasteiger partial charge in [0.2, 0.25) is 5.91 Å². The number of thioether (sulfide) groups is 1. The van der Waals surface area contributed by atoms with Crippen LogP contribution in [0.4, 0.5) is 5.69 Å². The fourth-order valence-electron chi connectivity index (χ4n) is 3.31. The Morgan fingerprint density at radius 1 is 1.00 bits per heavy atom. The molecule has 6 heteroatoms. The topological polar surface area (TPSA) is 51.9 Å².